The summed E-state index contributed by atoms with van der Waals surface area (Å²) in [7, 11) is 0. The van der Waals surface area contributed by atoms with Crippen molar-refractivity contribution in [1.29, 1.82) is 0 Å². The van der Waals surface area contributed by atoms with Gasteiger partial charge in [0.25, 0.3) is 0 Å². The summed E-state index contributed by atoms with van der Waals surface area (Å²) in [6.07, 6.45) is 2.70. The zero-order valence-corrected chi connectivity index (χ0v) is 10.1. The van der Waals surface area contributed by atoms with E-state index in [1.165, 1.54) is 0 Å². The number of nitrogens with two attached hydrogens (primary N) is 1. The van der Waals surface area contributed by atoms with Crippen molar-refractivity contribution in [2.75, 3.05) is 0 Å². The van der Waals surface area contributed by atoms with Crippen molar-refractivity contribution in [3.8, 4) is 11.3 Å². The third-order valence-electron chi connectivity index (χ3n) is 3.20. The number of benzene rings is 1. The molecule has 0 bridgehead atoms. The molecule has 0 radical (unpaired) electrons. The van der Waals surface area contributed by atoms with E-state index in [1.807, 2.05) is 24.3 Å². The van der Waals surface area contributed by atoms with Crippen LogP contribution in [0.5, 0.6) is 0 Å². The van der Waals surface area contributed by atoms with Crippen LogP contribution in [0.15, 0.2) is 28.8 Å². The minimum absolute atomic E-state index is 0.216. The smallest absolute Gasteiger partial charge is 0.140 e. The molecule has 0 spiro atoms. The number of halogens is 1. The maximum Gasteiger partial charge on any atom is 0.140 e. The fraction of sp³-hybridized carbons (Fsp3) is 0.308. The van der Waals surface area contributed by atoms with E-state index in [0.29, 0.717) is 0 Å². The molecule has 1 heterocycles. The van der Waals surface area contributed by atoms with Crippen molar-refractivity contribution >= 4 is 11.6 Å². The summed E-state index contributed by atoms with van der Waals surface area (Å²) < 4.78 is 5.38. The minimum Gasteiger partial charge on any atom is -0.360 e. The molecule has 3 rings (SSSR count). The Hall–Kier alpha value is -1.32. The fourth-order valence-corrected chi connectivity index (χ4v) is 2.39. The zero-order valence-electron chi connectivity index (χ0n) is 9.32. The van der Waals surface area contributed by atoms with E-state index >= 15 is 0 Å². The molecule has 1 aliphatic rings. The van der Waals surface area contributed by atoms with E-state index in [9.17, 15) is 0 Å². The molecule has 1 aromatic heterocycles. The molecule has 3 nitrogen and oxygen atoms in total. The highest BCUT2D eigenvalue weighted by atomic mass is 35.5. The summed E-state index contributed by atoms with van der Waals surface area (Å²) in [5.74, 6) is 0.983. The topological polar surface area (TPSA) is 52.0 Å². The molecule has 2 aromatic rings. The highest BCUT2D eigenvalue weighted by Crippen LogP contribution is 2.31. The maximum absolute atomic E-state index is 5.99. The Morgan fingerprint density at radius 1 is 1.29 bits per heavy atom. The van der Waals surface area contributed by atoms with Crippen LogP contribution >= 0.6 is 11.6 Å². The number of fused-ring (bicyclic) bond motifs is 1. The Morgan fingerprint density at radius 3 is 2.82 bits per heavy atom. The standard InChI is InChI=1S/C13H13ClN2O/c14-9-3-1-8(2-4-9)13-11-7-10(15)5-6-12(11)17-16-13/h1-4,10H,5-7,15H2/t10-/m1/s1. The second-order valence-electron chi connectivity index (χ2n) is 4.44. The first-order valence-electron chi connectivity index (χ1n) is 5.73. The average Bonchev–Trinajstić information content (AvgIpc) is 2.73. The lowest BCUT2D eigenvalue weighted by atomic mass is 9.91. The molecule has 2 N–H and O–H groups in total. The second-order valence-corrected chi connectivity index (χ2v) is 4.88. The van der Waals surface area contributed by atoms with E-state index in [0.717, 1.165) is 46.9 Å². The molecule has 0 saturated heterocycles. The number of nitrogens with zero attached hydrogens (tertiary/aromatic N) is 1. The molecule has 4 heteroatoms. The quantitative estimate of drug-likeness (QED) is 0.844. The number of aryl methyl sites for hydroxylation is 1. The van der Waals surface area contributed by atoms with E-state index in [1.54, 1.807) is 0 Å². The van der Waals surface area contributed by atoms with Crippen LogP contribution in [0.2, 0.25) is 5.02 Å². The molecule has 1 atom stereocenters. The summed E-state index contributed by atoms with van der Waals surface area (Å²) in [5.41, 5.74) is 9.09. The molecule has 0 fully saturated rings. The number of hydrogen-bond donors (Lipinski definition) is 1. The number of hydrogen-bond acceptors (Lipinski definition) is 3. The van der Waals surface area contributed by atoms with Crippen LogP contribution < -0.4 is 5.73 Å². The van der Waals surface area contributed by atoms with Gasteiger partial charge in [0.05, 0.1) is 0 Å². The van der Waals surface area contributed by atoms with Gasteiger partial charge in [0, 0.05) is 28.6 Å². The first-order chi connectivity index (χ1) is 8.24. The van der Waals surface area contributed by atoms with Crippen LogP contribution in [-0.2, 0) is 12.8 Å². The van der Waals surface area contributed by atoms with Gasteiger partial charge in [-0.1, -0.05) is 28.9 Å². The van der Waals surface area contributed by atoms with Crippen molar-refractivity contribution in [2.24, 2.45) is 5.73 Å². The normalized spacial score (nSPS) is 19.1. The molecular weight excluding hydrogens is 236 g/mol. The average molecular weight is 249 g/mol. The van der Waals surface area contributed by atoms with Gasteiger partial charge in [0.1, 0.15) is 11.5 Å². The van der Waals surface area contributed by atoms with Crippen LogP contribution in [-0.4, -0.2) is 11.2 Å². The van der Waals surface area contributed by atoms with Crippen LogP contribution in [0.4, 0.5) is 0 Å². The Balaban J connectivity index is 2.04. The Labute approximate surface area is 105 Å². The molecule has 0 saturated carbocycles. The highest BCUT2D eigenvalue weighted by Gasteiger charge is 2.24. The van der Waals surface area contributed by atoms with Gasteiger partial charge in [-0.25, -0.2) is 0 Å². The van der Waals surface area contributed by atoms with Gasteiger partial charge < -0.3 is 10.3 Å². The predicted molar refractivity (Wildman–Crippen MR) is 66.9 cm³/mol. The lowest BCUT2D eigenvalue weighted by Gasteiger charge is -2.16. The first-order valence-corrected chi connectivity index (χ1v) is 6.11. The lowest BCUT2D eigenvalue weighted by molar-refractivity contribution is 0.367. The van der Waals surface area contributed by atoms with Gasteiger partial charge in [-0.15, -0.1) is 0 Å². The summed E-state index contributed by atoms with van der Waals surface area (Å²) >= 11 is 5.88. The SMILES string of the molecule is N[C@@H]1CCc2onc(-c3ccc(Cl)cc3)c2C1. The molecule has 17 heavy (non-hydrogen) atoms. The molecule has 1 aliphatic carbocycles. The lowest BCUT2D eigenvalue weighted by Crippen LogP contribution is -2.27. The fourth-order valence-electron chi connectivity index (χ4n) is 2.27. The van der Waals surface area contributed by atoms with Crippen LogP contribution in [0, 0.1) is 0 Å². The third-order valence-corrected chi connectivity index (χ3v) is 3.45. The van der Waals surface area contributed by atoms with Crippen molar-refractivity contribution in [2.45, 2.75) is 25.3 Å². The number of rotatable bonds is 1. The summed E-state index contributed by atoms with van der Waals surface area (Å²) in [4.78, 5) is 0. The van der Waals surface area contributed by atoms with Gasteiger partial charge in [0.15, 0.2) is 0 Å². The van der Waals surface area contributed by atoms with Crippen LogP contribution in [0.25, 0.3) is 11.3 Å². The summed E-state index contributed by atoms with van der Waals surface area (Å²) in [6, 6.07) is 7.86. The number of aromatic nitrogens is 1. The van der Waals surface area contributed by atoms with Gasteiger partial charge in [-0.2, -0.15) is 0 Å². The van der Waals surface area contributed by atoms with Crippen LogP contribution in [0.1, 0.15) is 17.7 Å². The second kappa shape index (κ2) is 4.17. The van der Waals surface area contributed by atoms with Crippen molar-refractivity contribution in [3.63, 3.8) is 0 Å². The maximum atomic E-state index is 5.99. The van der Waals surface area contributed by atoms with E-state index in [4.69, 9.17) is 21.9 Å². The van der Waals surface area contributed by atoms with Crippen molar-refractivity contribution in [1.82, 2.24) is 5.16 Å². The Bertz CT molecular complexity index is 533. The summed E-state index contributed by atoms with van der Waals surface area (Å²) in [5, 5.41) is 4.88. The van der Waals surface area contributed by atoms with Crippen molar-refractivity contribution in [3.05, 3.63) is 40.6 Å². The first kappa shape index (κ1) is 10.8. The monoisotopic (exact) mass is 248 g/mol. The van der Waals surface area contributed by atoms with Gasteiger partial charge in [-0.3, -0.25) is 0 Å². The van der Waals surface area contributed by atoms with E-state index < -0.39 is 0 Å². The van der Waals surface area contributed by atoms with Gasteiger partial charge >= 0.3 is 0 Å². The predicted octanol–water partition coefficient (Wildman–Crippen LogP) is 2.81. The third kappa shape index (κ3) is 1.96. The molecular formula is C13H13ClN2O. The van der Waals surface area contributed by atoms with Crippen molar-refractivity contribution < 1.29 is 4.52 Å². The van der Waals surface area contributed by atoms with Crippen LogP contribution in [0.3, 0.4) is 0 Å². The molecule has 88 valence electrons. The molecule has 1 aromatic carbocycles. The molecule has 0 unspecified atom stereocenters. The summed E-state index contributed by atoms with van der Waals surface area (Å²) in [6.45, 7) is 0. The highest BCUT2D eigenvalue weighted by molar-refractivity contribution is 6.30. The van der Waals surface area contributed by atoms with E-state index in [2.05, 4.69) is 5.16 Å². The van der Waals surface area contributed by atoms with Gasteiger partial charge in [-0.05, 0) is 25.0 Å². The largest absolute Gasteiger partial charge is 0.360 e. The minimum atomic E-state index is 0.216. The van der Waals surface area contributed by atoms with Gasteiger partial charge in [0.2, 0.25) is 0 Å². The van der Waals surface area contributed by atoms with E-state index in [-0.39, 0.29) is 6.04 Å². The zero-order chi connectivity index (χ0) is 11.8. The molecule has 0 aliphatic heterocycles. The Kier molecular flexibility index (Phi) is 2.65. The Morgan fingerprint density at radius 2 is 2.06 bits per heavy atom. The molecule has 0 amide bonds.